The molecule has 2 rings (SSSR count). The standard InChI is InChI=1S/C15H17BrN2O3/c1-18(10-11-6-7-14(16)21-11)15(19)8-9-20-13-5-3-2-4-12(13)17/h2-7H,8-10,17H2,1H3. The van der Waals surface area contributed by atoms with Gasteiger partial charge < -0.3 is 19.8 Å². The highest BCUT2D eigenvalue weighted by molar-refractivity contribution is 9.10. The van der Waals surface area contributed by atoms with Crippen LogP contribution in [0.4, 0.5) is 5.69 Å². The molecule has 0 fully saturated rings. The molecular weight excluding hydrogens is 336 g/mol. The Balaban J connectivity index is 1.77. The molecule has 21 heavy (non-hydrogen) atoms. The summed E-state index contributed by atoms with van der Waals surface area (Å²) >= 11 is 3.23. The van der Waals surface area contributed by atoms with E-state index in [1.165, 1.54) is 0 Å². The smallest absolute Gasteiger partial charge is 0.226 e. The van der Waals surface area contributed by atoms with Gasteiger partial charge in [0.15, 0.2) is 4.67 Å². The number of carbonyl (C=O) groups excluding carboxylic acids is 1. The molecule has 0 atom stereocenters. The first-order valence-corrected chi connectivity index (χ1v) is 7.31. The van der Waals surface area contributed by atoms with E-state index in [1.54, 1.807) is 30.1 Å². The van der Waals surface area contributed by atoms with E-state index < -0.39 is 0 Å². The monoisotopic (exact) mass is 352 g/mol. The maximum atomic E-state index is 12.0. The van der Waals surface area contributed by atoms with Gasteiger partial charge in [-0.25, -0.2) is 0 Å². The Morgan fingerprint density at radius 2 is 2.10 bits per heavy atom. The Bertz CT molecular complexity index is 612. The fourth-order valence-corrected chi connectivity index (χ4v) is 2.15. The molecule has 0 aliphatic carbocycles. The van der Waals surface area contributed by atoms with Gasteiger partial charge in [-0.05, 0) is 40.2 Å². The minimum absolute atomic E-state index is 0.0166. The third kappa shape index (κ3) is 4.53. The molecule has 5 nitrogen and oxygen atoms in total. The SMILES string of the molecule is CN(Cc1ccc(Br)o1)C(=O)CCOc1ccccc1N. The lowest BCUT2D eigenvalue weighted by atomic mass is 10.3. The number of furan rings is 1. The van der Waals surface area contributed by atoms with E-state index in [0.29, 0.717) is 29.3 Å². The maximum Gasteiger partial charge on any atom is 0.226 e. The van der Waals surface area contributed by atoms with Crippen LogP contribution in [0.25, 0.3) is 0 Å². The number of rotatable bonds is 6. The van der Waals surface area contributed by atoms with Gasteiger partial charge in [0.25, 0.3) is 0 Å². The van der Waals surface area contributed by atoms with Crippen LogP contribution < -0.4 is 10.5 Å². The Hall–Kier alpha value is -1.95. The van der Waals surface area contributed by atoms with E-state index in [-0.39, 0.29) is 12.3 Å². The van der Waals surface area contributed by atoms with Crippen LogP contribution in [-0.4, -0.2) is 24.5 Å². The predicted molar refractivity (Wildman–Crippen MR) is 83.8 cm³/mol. The molecule has 1 heterocycles. The topological polar surface area (TPSA) is 68.7 Å². The van der Waals surface area contributed by atoms with Crippen molar-refractivity contribution in [2.24, 2.45) is 0 Å². The zero-order valence-corrected chi connectivity index (χ0v) is 13.3. The van der Waals surface area contributed by atoms with Gasteiger partial charge >= 0.3 is 0 Å². The van der Waals surface area contributed by atoms with Crippen molar-refractivity contribution in [1.29, 1.82) is 0 Å². The molecule has 1 aromatic heterocycles. The highest BCUT2D eigenvalue weighted by Gasteiger charge is 2.11. The number of nitrogens with zero attached hydrogens (tertiary/aromatic N) is 1. The van der Waals surface area contributed by atoms with Crippen LogP contribution in [-0.2, 0) is 11.3 Å². The Labute approximate surface area is 131 Å². The Kier molecular flexibility index (Phi) is 5.27. The third-order valence-corrected chi connectivity index (χ3v) is 3.37. The number of para-hydroxylation sites is 2. The molecule has 112 valence electrons. The fourth-order valence-electron chi connectivity index (χ4n) is 1.81. The first-order chi connectivity index (χ1) is 10.1. The third-order valence-electron chi connectivity index (χ3n) is 2.94. The van der Waals surface area contributed by atoms with Crippen molar-refractivity contribution >= 4 is 27.5 Å². The van der Waals surface area contributed by atoms with Gasteiger partial charge in [-0.2, -0.15) is 0 Å². The molecule has 0 saturated heterocycles. The summed E-state index contributed by atoms with van der Waals surface area (Å²) in [5.74, 6) is 1.31. The number of benzene rings is 1. The fraction of sp³-hybridized carbons (Fsp3) is 0.267. The number of nitrogen functional groups attached to an aromatic ring is 1. The van der Waals surface area contributed by atoms with E-state index >= 15 is 0 Å². The van der Waals surface area contributed by atoms with Crippen LogP contribution >= 0.6 is 15.9 Å². The minimum atomic E-state index is -0.0166. The zero-order valence-electron chi connectivity index (χ0n) is 11.7. The molecule has 2 N–H and O–H groups in total. The van der Waals surface area contributed by atoms with Crippen molar-refractivity contribution in [2.75, 3.05) is 19.4 Å². The summed E-state index contributed by atoms with van der Waals surface area (Å²) in [6.45, 7) is 0.719. The predicted octanol–water partition coefficient (Wildman–Crippen LogP) is 3.05. The Morgan fingerprint density at radius 1 is 1.33 bits per heavy atom. The summed E-state index contributed by atoms with van der Waals surface area (Å²) in [5, 5.41) is 0. The van der Waals surface area contributed by atoms with Crippen LogP contribution in [0.3, 0.4) is 0 Å². The molecule has 6 heteroatoms. The Morgan fingerprint density at radius 3 is 2.76 bits per heavy atom. The first-order valence-electron chi connectivity index (χ1n) is 6.52. The maximum absolute atomic E-state index is 12.0. The van der Waals surface area contributed by atoms with Crippen LogP contribution in [0.15, 0.2) is 45.5 Å². The molecule has 2 aromatic rings. The number of carbonyl (C=O) groups is 1. The largest absolute Gasteiger partial charge is 0.491 e. The van der Waals surface area contributed by atoms with Gasteiger partial charge in [0.2, 0.25) is 5.91 Å². The summed E-state index contributed by atoms with van der Waals surface area (Å²) < 4.78 is 11.5. The molecule has 1 aromatic carbocycles. The van der Waals surface area contributed by atoms with Gasteiger partial charge in [0, 0.05) is 7.05 Å². The average molecular weight is 353 g/mol. The number of nitrogens with two attached hydrogens (primary N) is 1. The average Bonchev–Trinajstić information content (AvgIpc) is 2.86. The van der Waals surface area contributed by atoms with Gasteiger partial charge in [0.05, 0.1) is 25.3 Å². The van der Waals surface area contributed by atoms with Gasteiger partial charge in [-0.15, -0.1) is 0 Å². The quantitative estimate of drug-likeness (QED) is 0.811. The van der Waals surface area contributed by atoms with Crippen molar-refractivity contribution in [3.8, 4) is 5.75 Å². The van der Waals surface area contributed by atoms with Crippen LogP contribution in [0.1, 0.15) is 12.2 Å². The number of hydrogen-bond acceptors (Lipinski definition) is 4. The van der Waals surface area contributed by atoms with Crippen molar-refractivity contribution in [3.05, 3.63) is 46.8 Å². The van der Waals surface area contributed by atoms with Crippen molar-refractivity contribution in [1.82, 2.24) is 4.90 Å². The summed E-state index contributed by atoms with van der Waals surface area (Å²) in [6, 6.07) is 10.9. The molecule has 1 amide bonds. The molecule has 0 aliphatic rings. The first kappa shape index (κ1) is 15.4. The molecular formula is C15H17BrN2O3. The number of amides is 1. The summed E-state index contributed by atoms with van der Waals surface area (Å²) in [4.78, 5) is 13.6. The molecule has 0 bridgehead atoms. The van der Waals surface area contributed by atoms with E-state index in [9.17, 15) is 4.79 Å². The summed E-state index contributed by atoms with van der Waals surface area (Å²) in [7, 11) is 1.73. The molecule has 0 radical (unpaired) electrons. The van der Waals surface area contributed by atoms with Gasteiger partial charge in [-0.1, -0.05) is 12.1 Å². The summed E-state index contributed by atoms with van der Waals surface area (Å²) in [6.07, 6.45) is 0.284. The molecule has 0 aliphatic heterocycles. The summed E-state index contributed by atoms with van der Waals surface area (Å²) in [5.41, 5.74) is 6.33. The van der Waals surface area contributed by atoms with E-state index in [2.05, 4.69) is 15.9 Å². The lowest BCUT2D eigenvalue weighted by Gasteiger charge is -2.16. The lowest BCUT2D eigenvalue weighted by Crippen LogP contribution is -2.27. The highest BCUT2D eigenvalue weighted by atomic mass is 79.9. The normalized spacial score (nSPS) is 10.4. The van der Waals surface area contributed by atoms with Gasteiger partial charge in [0.1, 0.15) is 11.5 Å². The second-order valence-electron chi connectivity index (χ2n) is 4.59. The second-order valence-corrected chi connectivity index (χ2v) is 5.37. The number of halogens is 1. The molecule has 0 saturated carbocycles. The second kappa shape index (κ2) is 7.17. The van der Waals surface area contributed by atoms with E-state index in [1.807, 2.05) is 18.2 Å². The number of anilines is 1. The van der Waals surface area contributed by atoms with Crippen molar-refractivity contribution in [2.45, 2.75) is 13.0 Å². The lowest BCUT2D eigenvalue weighted by molar-refractivity contribution is -0.131. The zero-order chi connectivity index (χ0) is 15.2. The van der Waals surface area contributed by atoms with Crippen LogP contribution in [0.2, 0.25) is 0 Å². The number of hydrogen-bond donors (Lipinski definition) is 1. The van der Waals surface area contributed by atoms with Crippen molar-refractivity contribution < 1.29 is 13.9 Å². The molecule has 0 spiro atoms. The van der Waals surface area contributed by atoms with E-state index in [4.69, 9.17) is 14.9 Å². The highest BCUT2D eigenvalue weighted by Crippen LogP contribution is 2.20. The minimum Gasteiger partial charge on any atom is -0.491 e. The van der Waals surface area contributed by atoms with Crippen molar-refractivity contribution in [3.63, 3.8) is 0 Å². The van der Waals surface area contributed by atoms with Crippen LogP contribution in [0.5, 0.6) is 5.75 Å². The van der Waals surface area contributed by atoms with E-state index in [0.717, 1.165) is 5.76 Å². The number of ether oxygens (including phenoxy) is 1. The van der Waals surface area contributed by atoms with Gasteiger partial charge in [-0.3, -0.25) is 4.79 Å². The van der Waals surface area contributed by atoms with Crippen LogP contribution in [0, 0.1) is 0 Å². The molecule has 0 unspecified atom stereocenters.